The third-order valence-electron chi connectivity index (χ3n) is 3.38. The Labute approximate surface area is 116 Å². The summed E-state index contributed by atoms with van der Waals surface area (Å²) in [5, 5.41) is 3.45. The molecule has 4 heteroatoms. The molecule has 0 saturated carbocycles. The number of nitrogens with one attached hydrogen (secondary N) is 1. The average Bonchev–Trinajstić information content (AvgIpc) is 2.43. The Kier molecular flexibility index (Phi) is 5.63. The van der Waals surface area contributed by atoms with Gasteiger partial charge in [-0.15, -0.1) is 0 Å². The van der Waals surface area contributed by atoms with Crippen molar-refractivity contribution in [2.45, 2.75) is 32.4 Å². The predicted octanol–water partition coefficient (Wildman–Crippen LogP) is 2.78. The van der Waals surface area contributed by atoms with Gasteiger partial charge in [-0.05, 0) is 32.5 Å². The van der Waals surface area contributed by atoms with Gasteiger partial charge in [-0.2, -0.15) is 0 Å². The van der Waals surface area contributed by atoms with E-state index in [1.54, 1.807) is 21.3 Å². The van der Waals surface area contributed by atoms with Crippen LogP contribution in [-0.4, -0.2) is 33.5 Å². The molecule has 0 heterocycles. The first-order chi connectivity index (χ1) is 9.01. The monoisotopic (exact) mass is 267 g/mol. The van der Waals surface area contributed by atoms with Crippen LogP contribution in [0.5, 0.6) is 11.5 Å². The van der Waals surface area contributed by atoms with E-state index in [1.165, 1.54) is 0 Å². The van der Waals surface area contributed by atoms with Gasteiger partial charge < -0.3 is 19.5 Å². The van der Waals surface area contributed by atoms with E-state index in [1.807, 2.05) is 32.0 Å². The Morgan fingerprint density at radius 2 is 1.63 bits per heavy atom. The molecule has 1 atom stereocenters. The van der Waals surface area contributed by atoms with Crippen LogP contribution in [0.15, 0.2) is 18.2 Å². The molecule has 0 aliphatic carbocycles. The van der Waals surface area contributed by atoms with Gasteiger partial charge in [0.1, 0.15) is 11.5 Å². The minimum absolute atomic E-state index is 0.0198. The first kappa shape index (κ1) is 15.8. The SMILES string of the molecule is CCNC(c1c(OC)cccc1OC)C(C)(C)OC. The van der Waals surface area contributed by atoms with Crippen molar-refractivity contribution in [1.29, 1.82) is 0 Å². The largest absolute Gasteiger partial charge is 0.496 e. The van der Waals surface area contributed by atoms with Crippen molar-refractivity contribution in [2.75, 3.05) is 27.9 Å². The molecular weight excluding hydrogens is 242 g/mol. The van der Waals surface area contributed by atoms with Crippen LogP contribution in [0, 0.1) is 0 Å². The molecule has 1 aromatic carbocycles. The van der Waals surface area contributed by atoms with Crippen molar-refractivity contribution in [3.8, 4) is 11.5 Å². The number of ether oxygens (including phenoxy) is 3. The zero-order chi connectivity index (χ0) is 14.5. The van der Waals surface area contributed by atoms with Gasteiger partial charge in [-0.25, -0.2) is 0 Å². The number of hydrogen-bond donors (Lipinski definition) is 1. The van der Waals surface area contributed by atoms with Crippen LogP contribution in [0.2, 0.25) is 0 Å². The van der Waals surface area contributed by atoms with Gasteiger partial charge in [-0.1, -0.05) is 13.0 Å². The summed E-state index contributed by atoms with van der Waals surface area (Å²) in [5.74, 6) is 1.60. The highest BCUT2D eigenvalue weighted by atomic mass is 16.5. The third kappa shape index (κ3) is 3.39. The van der Waals surface area contributed by atoms with E-state index in [0.29, 0.717) is 0 Å². The number of methoxy groups -OCH3 is 3. The molecule has 0 spiro atoms. The Morgan fingerprint density at radius 1 is 1.11 bits per heavy atom. The summed E-state index contributed by atoms with van der Waals surface area (Å²) in [6.07, 6.45) is 0. The van der Waals surface area contributed by atoms with Gasteiger partial charge in [0.25, 0.3) is 0 Å². The molecule has 0 aromatic heterocycles. The smallest absolute Gasteiger partial charge is 0.127 e. The summed E-state index contributed by atoms with van der Waals surface area (Å²) < 4.78 is 16.6. The van der Waals surface area contributed by atoms with E-state index >= 15 is 0 Å². The van der Waals surface area contributed by atoms with Gasteiger partial charge in [0.2, 0.25) is 0 Å². The molecule has 0 bridgehead atoms. The van der Waals surface area contributed by atoms with Crippen LogP contribution in [0.25, 0.3) is 0 Å². The van der Waals surface area contributed by atoms with E-state index in [4.69, 9.17) is 14.2 Å². The maximum Gasteiger partial charge on any atom is 0.127 e. The Balaban J connectivity index is 3.36. The van der Waals surface area contributed by atoms with E-state index in [0.717, 1.165) is 23.6 Å². The molecule has 1 aromatic rings. The summed E-state index contributed by atoms with van der Waals surface area (Å²) >= 11 is 0. The predicted molar refractivity (Wildman–Crippen MR) is 77.1 cm³/mol. The Morgan fingerprint density at radius 3 is 2.00 bits per heavy atom. The van der Waals surface area contributed by atoms with Crippen LogP contribution < -0.4 is 14.8 Å². The highest BCUT2D eigenvalue weighted by molar-refractivity contribution is 5.48. The average molecular weight is 267 g/mol. The van der Waals surface area contributed by atoms with E-state index < -0.39 is 0 Å². The summed E-state index contributed by atoms with van der Waals surface area (Å²) in [4.78, 5) is 0. The van der Waals surface area contributed by atoms with Crippen LogP contribution in [0.1, 0.15) is 32.4 Å². The number of benzene rings is 1. The normalized spacial score (nSPS) is 13.2. The molecule has 1 unspecified atom stereocenters. The van der Waals surface area contributed by atoms with E-state index in [-0.39, 0.29) is 11.6 Å². The topological polar surface area (TPSA) is 39.7 Å². The molecule has 19 heavy (non-hydrogen) atoms. The van der Waals surface area contributed by atoms with Gasteiger partial charge in [0.05, 0.1) is 31.4 Å². The fourth-order valence-electron chi connectivity index (χ4n) is 2.18. The zero-order valence-corrected chi connectivity index (χ0v) is 12.7. The van der Waals surface area contributed by atoms with Crippen molar-refractivity contribution >= 4 is 0 Å². The number of likely N-dealkylation sites (N-methyl/N-ethyl adjacent to an activating group) is 1. The second kappa shape index (κ2) is 6.78. The summed E-state index contributed by atoms with van der Waals surface area (Å²) in [6, 6.07) is 5.78. The van der Waals surface area contributed by atoms with Crippen molar-refractivity contribution in [3.05, 3.63) is 23.8 Å². The zero-order valence-electron chi connectivity index (χ0n) is 12.7. The maximum atomic E-state index is 5.63. The molecule has 0 radical (unpaired) electrons. The standard InChI is InChI=1S/C15H25NO3/c1-7-16-14(15(2,3)19-6)13-11(17-4)9-8-10-12(13)18-5/h8-10,14,16H,7H2,1-6H3. The summed E-state index contributed by atoms with van der Waals surface area (Å²) in [6.45, 7) is 7.00. The van der Waals surface area contributed by atoms with Gasteiger partial charge >= 0.3 is 0 Å². The van der Waals surface area contributed by atoms with Crippen LogP contribution >= 0.6 is 0 Å². The third-order valence-corrected chi connectivity index (χ3v) is 3.38. The Hall–Kier alpha value is -1.26. The lowest BCUT2D eigenvalue weighted by molar-refractivity contribution is -0.0118. The molecule has 0 amide bonds. The van der Waals surface area contributed by atoms with Gasteiger partial charge in [0, 0.05) is 7.11 Å². The lowest BCUT2D eigenvalue weighted by atomic mass is 9.90. The molecule has 4 nitrogen and oxygen atoms in total. The Bertz CT molecular complexity index is 382. The first-order valence-electron chi connectivity index (χ1n) is 6.51. The van der Waals surface area contributed by atoms with Gasteiger partial charge in [-0.3, -0.25) is 0 Å². The second-order valence-corrected chi connectivity index (χ2v) is 4.87. The quantitative estimate of drug-likeness (QED) is 0.824. The van der Waals surface area contributed by atoms with Crippen LogP contribution in [0.3, 0.4) is 0 Å². The molecular formula is C15H25NO3. The number of rotatable bonds is 7. The molecule has 0 aliphatic heterocycles. The number of hydrogen-bond acceptors (Lipinski definition) is 4. The second-order valence-electron chi connectivity index (χ2n) is 4.87. The summed E-state index contributed by atoms with van der Waals surface area (Å²) in [7, 11) is 5.05. The van der Waals surface area contributed by atoms with E-state index in [9.17, 15) is 0 Å². The highest BCUT2D eigenvalue weighted by Gasteiger charge is 2.34. The minimum Gasteiger partial charge on any atom is -0.496 e. The summed E-state index contributed by atoms with van der Waals surface area (Å²) in [5.41, 5.74) is 0.610. The molecule has 0 saturated heterocycles. The highest BCUT2D eigenvalue weighted by Crippen LogP contribution is 2.40. The van der Waals surface area contributed by atoms with Crippen LogP contribution in [0.4, 0.5) is 0 Å². The lowest BCUT2D eigenvalue weighted by Gasteiger charge is -2.35. The first-order valence-corrected chi connectivity index (χ1v) is 6.51. The van der Waals surface area contributed by atoms with Crippen molar-refractivity contribution in [1.82, 2.24) is 5.32 Å². The maximum absolute atomic E-state index is 5.63. The van der Waals surface area contributed by atoms with Gasteiger partial charge in [0.15, 0.2) is 0 Å². The van der Waals surface area contributed by atoms with Crippen molar-refractivity contribution < 1.29 is 14.2 Å². The minimum atomic E-state index is -0.377. The van der Waals surface area contributed by atoms with E-state index in [2.05, 4.69) is 12.2 Å². The molecule has 0 fully saturated rings. The fraction of sp³-hybridized carbons (Fsp3) is 0.600. The fourth-order valence-corrected chi connectivity index (χ4v) is 2.18. The van der Waals surface area contributed by atoms with Crippen molar-refractivity contribution in [3.63, 3.8) is 0 Å². The molecule has 1 rings (SSSR count). The van der Waals surface area contributed by atoms with Crippen LogP contribution in [-0.2, 0) is 4.74 Å². The lowest BCUT2D eigenvalue weighted by Crippen LogP contribution is -2.41. The molecule has 0 aliphatic rings. The van der Waals surface area contributed by atoms with Crippen molar-refractivity contribution in [2.24, 2.45) is 0 Å². The molecule has 1 N–H and O–H groups in total. The molecule has 108 valence electrons.